The van der Waals surface area contributed by atoms with Gasteiger partial charge in [0.05, 0.1) is 45.0 Å². The highest BCUT2D eigenvalue weighted by Gasteiger charge is 2.23. The number of hydrogen-bond donors (Lipinski definition) is 2. The van der Waals surface area contributed by atoms with Crippen molar-refractivity contribution in [3.63, 3.8) is 0 Å². The number of methoxy groups -OCH3 is 2. The van der Waals surface area contributed by atoms with Crippen molar-refractivity contribution in [2.24, 2.45) is 0 Å². The number of halogens is 1. The first-order chi connectivity index (χ1) is 21.0. The van der Waals surface area contributed by atoms with Gasteiger partial charge in [0.15, 0.2) is 0 Å². The number of aromatic nitrogens is 2. The third-order valence-corrected chi connectivity index (χ3v) is 8.63. The van der Waals surface area contributed by atoms with Gasteiger partial charge in [-0.3, -0.25) is 0 Å². The molecule has 2 aromatic heterocycles. The number of aliphatic hydroxyl groups is 1. The molecule has 2 aliphatic carbocycles. The lowest BCUT2D eigenvalue weighted by atomic mass is 10.1. The third-order valence-electron chi connectivity index (χ3n) is 8.63. The van der Waals surface area contributed by atoms with E-state index in [0.29, 0.717) is 24.4 Å². The van der Waals surface area contributed by atoms with Gasteiger partial charge in [-0.2, -0.15) is 0 Å². The SMILES string of the molecule is CCOC(=O)c1cc2c(OC)cc3c(c2[nH]1)CCC3.COc1cc2c(c3c1cc(CO)n3Cc1ccccc1F)CCC2. The Morgan fingerprint density at radius 1 is 0.930 bits per heavy atom. The second-order valence-corrected chi connectivity index (χ2v) is 11.1. The van der Waals surface area contributed by atoms with Crippen LogP contribution in [0.1, 0.15) is 63.8 Å². The van der Waals surface area contributed by atoms with E-state index in [0.717, 1.165) is 77.5 Å². The molecule has 7 rings (SSSR count). The highest BCUT2D eigenvalue weighted by molar-refractivity contribution is 5.99. The van der Waals surface area contributed by atoms with Crippen molar-refractivity contribution >= 4 is 27.8 Å². The molecule has 43 heavy (non-hydrogen) atoms. The van der Waals surface area contributed by atoms with Crippen molar-refractivity contribution in [3.8, 4) is 11.5 Å². The van der Waals surface area contributed by atoms with Gasteiger partial charge < -0.3 is 28.9 Å². The number of nitrogens with zero attached hydrogens (tertiary/aromatic N) is 1. The number of esters is 1. The Morgan fingerprint density at radius 3 is 2.28 bits per heavy atom. The number of hydrogen-bond acceptors (Lipinski definition) is 5. The molecule has 3 aromatic carbocycles. The average Bonchev–Trinajstić information content (AvgIpc) is 3.82. The predicted octanol–water partition coefficient (Wildman–Crippen LogP) is 6.66. The fraction of sp³-hybridized carbons (Fsp3) is 0.343. The van der Waals surface area contributed by atoms with Crippen molar-refractivity contribution in [1.82, 2.24) is 9.55 Å². The molecule has 0 radical (unpaired) electrons. The zero-order valence-electron chi connectivity index (χ0n) is 24.9. The fourth-order valence-corrected chi connectivity index (χ4v) is 6.65. The highest BCUT2D eigenvalue weighted by Crippen LogP contribution is 2.39. The maximum atomic E-state index is 14.1. The van der Waals surface area contributed by atoms with Gasteiger partial charge in [-0.15, -0.1) is 0 Å². The Hall–Kier alpha value is -4.30. The first kappa shape index (κ1) is 28.8. The van der Waals surface area contributed by atoms with E-state index < -0.39 is 0 Å². The molecule has 0 saturated carbocycles. The second-order valence-electron chi connectivity index (χ2n) is 11.1. The van der Waals surface area contributed by atoms with E-state index in [2.05, 4.69) is 17.1 Å². The van der Waals surface area contributed by atoms with Crippen LogP contribution in [-0.4, -0.2) is 41.5 Å². The number of aliphatic hydroxyl groups excluding tert-OH is 1. The molecule has 0 spiro atoms. The second kappa shape index (κ2) is 12.1. The van der Waals surface area contributed by atoms with Crippen LogP contribution in [-0.2, 0) is 43.6 Å². The Kier molecular flexibility index (Phi) is 8.13. The first-order valence-corrected chi connectivity index (χ1v) is 14.9. The number of carbonyl (C=O) groups excluding carboxylic acids is 1. The lowest BCUT2D eigenvalue weighted by Crippen LogP contribution is -2.07. The summed E-state index contributed by atoms with van der Waals surface area (Å²) < 4.78 is 32.2. The Labute approximate surface area is 250 Å². The summed E-state index contributed by atoms with van der Waals surface area (Å²) in [5.41, 5.74) is 9.25. The van der Waals surface area contributed by atoms with Crippen LogP contribution in [0.15, 0.2) is 48.5 Å². The zero-order valence-corrected chi connectivity index (χ0v) is 24.9. The van der Waals surface area contributed by atoms with Crippen LogP contribution in [0.2, 0.25) is 0 Å². The zero-order chi connectivity index (χ0) is 30.1. The predicted molar refractivity (Wildman–Crippen MR) is 165 cm³/mol. The van der Waals surface area contributed by atoms with Crippen LogP contribution in [0.25, 0.3) is 21.8 Å². The molecule has 0 saturated heterocycles. The number of nitrogens with one attached hydrogen (secondary N) is 1. The Balaban J connectivity index is 0.000000157. The maximum absolute atomic E-state index is 14.1. The van der Waals surface area contributed by atoms with Crippen LogP contribution in [0, 0.1) is 5.82 Å². The van der Waals surface area contributed by atoms with Crippen molar-refractivity contribution < 1.29 is 28.5 Å². The number of aryl methyl sites for hydroxylation is 4. The highest BCUT2D eigenvalue weighted by atomic mass is 19.1. The Morgan fingerprint density at radius 2 is 1.60 bits per heavy atom. The Bertz CT molecular complexity index is 1820. The fourth-order valence-electron chi connectivity index (χ4n) is 6.65. The largest absolute Gasteiger partial charge is 0.496 e. The first-order valence-electron chi connectivity index (χ1n) is 14.9. The van der Waals surface area contributed by atoms with Crippen molar-refractivity contribution in [1.29, 1.82) is 0 Å². The summed E-state index contributed by atoms with van der Waals surface area (Å²) in [4.78, 5) is 15.0. The lowest BCUT2D eigenvalue weighted by Gasteiger charge is -2.14. The van der Waals surface area contributed by atoms with Crippen LogP contribution in [0.5, 0.6) is 11.5 Å². The summed E-state index contributed by atoms with van der Waals surface area (Å²) in [7, 11) is 3.33. The van der Waals surface area contributed by atoms with Gasteiger partial charge in [-0.25, -0.2) is 9.18 Å². The molecular weight excluding hydrogens is 547 g/mol. The number of benzene rings is 3. The molecule has 2 aliphatic rings. The van der Waals surface area contributed by atoms with Gasteiger partial charge in [0.1, 0.15) is 23.0 Å². The molecule has 5 aromatic rings. The van der Waals surface area contributed by atoms with E-state index in [1.54, 1.807) is 33.3 Å². The standard InChI is InChI=1S/C20H20FNO2.C15H17NO3/c1-24-19-9-13-6-4-7-16(13)20-17(19)10-15(12-23)22(20)11-14-5-2-3-8-18(14)21;1-3-19-15(17)12-8-11-13(18-2)7-9-5-4-6-10(9)14(11)16-12/h2-3,5,8-10,23H,4,6-7,11-12H2,1H3;7-8,16H,3-6H2,1-2H3. The number of fused-ring (bicyclic) bond motifs is 6. The summed E-state index contributed by atoms with van der Waals surface area (Å²) in [5, 5.41) is 11.8. The number of aromatic amines is 1. The molecule has 224 valence electrons. The number of H-pyrrole nitrogens is 1. The summed E-state index contributed by atoms with van der Waals surface area (Å²) >= 11 is 0. The van der Waals surface area contributed by atoms with Gasteiger partial charge >= 0.3 is 5.97 Å². The molecule has 0 fully saturated rings. The lowest BCUT2D eigenvalue weighted by molar-refractivity contribution is 0.0520. The normalized spacial score (nSPS) is 13.5. The smallest absolute Gasteiger partial charge is 0.354 e. The van der Waals surface area contributed by atoms with Crippen LogP contribution >= 0.6 is 0 Å². The van der Waals surface area contributed by atoms with Gasteiger partial charge in [-0.1, -0.05) is 18.2 Å². The third kappa shape index (κ3) is 5.25. The van der Waals surface area contributed by atoms with Crippen LogP contribution in [0.4, 0.5) is 4.39 Å². The van der Waals surface area contributed by atoms with E-state index in [-0.39, 0.29) is 18.4 Å². The van der Waals surface area contributed by atoms with Gasteiger partial charge in [0.2, 0.25) is 0 Å². The minimum atomic E-state index is -0.312. The van der Waals surface area contributed by atoms with E-state index in [4.69, 9.17) is 14.2 Å². The molecular formula is C35H37FN2O5. The maximum Gasteiger partial charge on any atom is 0.354 e. The quantitative estimate of drug-likeness (QED) is 0.209. The van der Waals surface area contributed by atoms with E-state index in [1.165, 1.54) is 28.3 Å². The molecule has 0 bridgehead atoms. The van der Waals surface area contributed by atoms with Crippen LogP contribution in [0.3, 0.4) is 0 Å². The number of ether oxygens (including phenoxy) is 3. The molecule has 2 N–H and O–H groups in total. The summed E-state index contributed by atoms with van der Waals surface area (Å²) in [6.07, 6.45) is 6.47. The van der Waals surface area contributed by atoms with E-state index in [9.17, 15) is 14.3 Å². The topological polar surface area (TPSA) is 85.7 Å². The molecule has 0 unspecified atom stereocenters. The monoisotopic (exact) mass is 584 g/mol. The minimum Gasteiger partial charge on any atom is -0.496 e. The molecule has 7 nitrogen and oxygen atoms in total. The van der Waals surface area contributed by atoms with Crippen molar-refractivity contribution in [2.75, 3.05) is 20.8 Å². The molecule has 0 aliphatic heterocycles. The molecule has 8 heteroatoms. The van der Waals surface area contributed by atoms with E-state index >= 15 is 0 Å². The number of carbonyl (C=O) groups is 1. The molecule has 0 atom stereocenters. The van der Waals surface area contributed by atoms with Gasteiger partial charge in [0.25, 0.3) is 0 Å². The average molecular weight is 585 g/mol. The summed E-state index contributed by atoms with van der Waals surface area (Å²) in [6, 6.07) is 14.8. The molecule has 2 heterocycles. The number of rotatable bonds is 7. The summed E-state index contributed by atoms with van der Waals surface area (Å²) in [5.74, 6) is 1.12. The van der Waals surface area contributed by atoms with Gasteiger partial charge in [-0.05, 0) is 98.0 Å². The summed E-state index contributed by atoms with van der Waals surface area (Å²) in [6.45, 7) is 2.51. The minimum absolute atomic E-state index is 0.0823. The van der Waals surface area contributed by atoms with Gasteiger partial charge in [0, 0.05) is 22.0 Å². The van der Waals surface area contributed by atoms with Crippen molar-refractivity contribution in [2.45, 2.75) is 58.6 Å². The van der Waals surface area contributed by atoms with Crippen molar-refractivity contribution in [3.05, 3.63) is 93.6 Å². The van der Waals surface area contributed by atoms with E-state index in [1.807, 2.05) is 22.8 Å². The van der Waals surface area contributed by atoms with Crippen LogP contribution < -0.4 is 9.47 Å². The molecule has 0 amide bonds.